The molecule has 1 atom stereocenters. The summed E-state index contributed by atoms with van der Waals surface area (Å²) in [5.74, 6) is 1.08. The van der Waals surface area contributed by atoms with E-state index in [-0.39, 0.29) is 22.6 Å². The molecule has 2 fully saturated rings. The Morgan fingerprint density at radius 1 is 1.07 bits per heavy atom. The average molecular weight is 443 g/mol. The van der Waals surface area contributed by atoms with E-state index in [2.05, 4.69) is 6.92 Å². The number of carbonyl (C=O) groups excluding carboxylic acids is 2. The van der Waals surface area contributed by atoms with Crippen molar-refractivity contribution >= 4 is 35.2 Å². The van der Waals surface area contributed by atoms with Crippen LogP contribution in [0.15, 0.2) is 54.6 Å². The van der Waals surface area contributed by atoms with Gasteiger partial charge in [-0.1, -0.05) is 54.9 Å². The summed E-state index contributed by atoms with van der Waals surface area (Å²) in [6, 6.07) is 17.2. The number of benzene rings is 2. The maximum atomic E-state index is 13.2. The molecule has 0 saturated carbocycles. The van der Waals surface area contributed by atoms with E-state index < -0.39 is 0 Å². The van der Waals surface area contributed by atoms with Crippen molar-refractivity contribution in [2.24, 2.45) is 0 Å². The molecular weight excluding hydrogens is 416 g/mol. The number of halogens is 1. The number of thioether (sulfide) groups is 1. The predicted octanol–water partition coefficient (Wildman–Crippen LogP) is 5.04. The van der Waals surface area contributed by atoms with Crippen LogP contribution in [0.1, 0.15) is 48.0 Å². The molecule has 2 heterocycles. The molecule has 2 amide bonds. The molecule has 2 saturated heterocycles. The van der Waals surface area contributed by atoms with Crippen LogP contribution in [0.3, 0.4) is 0 Å². The van der Waals surface area contributed by atoms with E-state index in [0.717, 1.165) is 37.1 Å². The Kier molecular flexibility index (Phi) is 6.40. The van der Waals surface area contributed by atoms with E-state index in [1.54, 1.807) is 12.1 Å². The SMILES string of the molecule is CCC(C(=O)N1CCC2(CC1)SCCN2C(=O)c1cccc(Cl)c1)c1ccccc1. The highest BCUT2D eigenvalue weighted by Gasteiger charge is 2.47. The van der Waals surface area contributed by atoms with Gasteiger partial charge >= 0.3 is 0 Å². The second-order valence-corrected chi connectivity index (χ2v) is 9.85. The number of amides is 2. The second kappa shape index (κ2) is 9.03. The lowest BCUT2D eigenvalue weighted by Crippen LogP contribution is -2.54. The maximum absolute atomic E-state index is 13.2. The lowest BCUT2D eigenvalue weighted by Gasteiger charge is -2.44. The van der Waals surface area contributed by atoms with Crippen LogP contribution < -0.4 is 0 Å². The molecule has 0 radical (unpaired) electrons. The molecule has 0 aromatic heterocycles. The Bertz CT molecular complexity index is 912. The molecule has 0 N–H and O–H groups in total. The van der Waals surface area contributed by atoms with Gasteiger partial charge in [0.25, 0.3) is 5.91 Å². The third kappa shape index (κ3) is 4.10. The number of hydrogen-bond donors (Lipinski definition) is 0. The monoisotopic (exact) mass is 442 g/mol. The third-order valence-electron chi connectivity index (χ3n) is 6.26. The summed E-state index contributed by atoms with van der Waals surface area (Å²) in [5, 5.41) is 0.577. The van der Waals surface area contributed by atoms with Crippen LogP contribution >= 0.6 is 23.4 Å². The van der Waals surface area contributed by atoms with Crippen LogP contribution in [0.2, 0.25) is 5.02 Å². The van der Waals surface area contributed by atoms with Crippen molar-refractivity contribution in [2.75, 3.05) is 25.4 Å². The van der Waals surface area contributed by atoms with E-state index in [4.69, 9.17) is 11.6 Å². The number of nitrogens with zero attached hydrogens (tertiary/aromatic N) is 2. The molecule has 1 unspecified atom stereocenters. The largest absolute Gasteiger partial charge is 0.342 e. The first-order valence-electron chi connectivity index (χ1n) is 10.6. The molecule has 2 aromatic carbocycles. The summed E-state index contributed by atoms with van der Waals surface area (Å²) in [5.41, 5.74) is 1.72. The molecule has 2 aliphatic heterocycles. The van der Waals surface area contributed by atoms with Gasteiger partial charge in [-0.3, -0.25) is 9.59 Å². The first-order valence-corrected chi connectivity index (χ1v) is 12.0. The van der Waals surface area contributed by atoms with Crippen molar-refractivity contribution < 1.29 is 9.59 Å². The van der Waals surface area contributed by atoms with E-state index in [9.17, 15) is 9.59 Å². The number of carbonyl (C=O) groups is 2. The van der Waals surface area contributed by atoms with Crippen LogP contribution in [-0.2, 0) is 4.79 Å². The van der Waals surface area contributed by atoms with Crippen molar-refractivity contribution in [1.82, 2.24) is 9.80 Å². The molecule has 2 aromatic rings. The van der Waals surface area contributed by atoms with Gasteiger partial charge in [0.05, 0.1) is 10.8 Å². The van der Waals surface area contributed by atoms with E-state index in [1.165, 1.54) is 0 Å². The van der Waals surface area contributed by atoms with Crippen molar-refractivity contribution in [3.63, 3.8) is 0 Å². The van der Waals surface area contributed by atoms with Crippen LogP contribution in [0.4, 0.5) is 0 Å². The molecule has 1 spiro atoms. The van der Waals surface area contributed by atoms with Crippen LogP contribution in [0, 0.1) is 0 Å². The first kappa shape index (κ1) is 21.3. The van der Waals surface area contributed by atoms with Gasteiger partial charge in [-0.15, -0.1) is 11.8 Å². The van der Waals surface area contributed by atoms with Gasteiger partial charge < -0.3 is 9.80 Å². The Morgan fingerprint density at radius 3 is 2.47 bits per heavy atom. The molecule has 30 heavy (non-hydrogen) atoms. The Hall–Kier alpha value is -1.98. The van der Waals surface area contributed by atoms with Gasteiger partial charge in [0.1, 0.15) is 0 Å². The number of likely N-dealkylation sites (tertiary alicyclic amines) is 1. The summed E-state index contributed by atoms with van der Waals surface area (Å²) in [4.78, 5) is 30.2. The Labute approximate surface area is 187 Å². The summed E-state index contributed by atoms with van der Waals surface area (Å²) in [6.45, 7) is 4.19. The molecular formula is C24H27ClN2O2S. The first-order chi connectivity index (χ1) is 14.5. The summed E-state index contributed by atoms with van der Waals surface area (Å²) < 4.78 is 0. The molecule has 2 aliphatic rings. The minimum atomic E-state index is -0.218. The van der Waals surface area contributed by atoms with Crippen LogP contribution in [0.25, 0.3) is 0 Å². The average Bonchev–Trinajstić information content (AvgIpc) is 3.17. The van der Waals surface area contributed by atoms with Crippen molar-refractivity contribution in [2.45, 2.75) is 37.0 Å². The zero-order valence-corrected chi connectivity index (χ0v) is 18.8. The van der Waals surface area contributed by atoms with Crippen molar-refractivity contribution in [3.05, 3.63) is 70.7 Å². The summed E-state index contributed by atoms with van der Waals surface area (Å²) >= 11 is 7.96. The topological polar surface area (TPSA) is 40.6 Å². The van der Waals surface area contributed by atoms with Gasteiger partial charge in [0, 0.05) is 36.0 Å². The van der Waals surface area contributed by atoms with Crippen molar-refractivity contribution in [1.29, 1.82) is 0 Å². The zero-order valence-electron chi connectivity index (χ0n) is 17.2. The predicted molar refractivity (Wildman–Crippen MR) is 123 cm³/mol. The minimum Gasteiger partial charge on any atom is -0.342 e. The quantitative estimate of drug-likeness (QED) is 0.665. The molecule has 4 nitrogen and oxygen atoms in total. The van der Waals surface area contributed by atoms with Gasteiger partial charge in [0.15, 0.2) is 0 Å². The van der Waals surface area contributed by atoms with Crippen molar-refractivity contribution in [3.8, 4) is 0 Å². The molecule has 0 aliphatic carbocycles. The lowest BCUT2D eigenvalue weighted by molar-refractivity contribution is -0.134. The highest BCUT2D eigenvalue weighted by molar-refractivity contribution is 8.00. The Balaban J connectivity index is 1.46. The Morgan fingerprint density at radius 2 is 1.80 bits per heavy atom. The van der Waals surface area contributed by atoms with Gasteiger partial charge in [-0.2, -0.15) is 0 Å². The smallest absolute Gasteiger partial charge is 0.255 e. The van der Waals surface area contributed by atoms with Crippen LogP contribution in [-0.4, -0.2) is 51.9 Å². The maximum Gasteiger partial charge on any atom is 0.255 e. The van der Waals surface area contributed by atoms with E-state index in [0.29, 0.717) is 23.7 Å². The number of piperidine rings is 1. The minimum absolute atomic E-state index is 0.0398. The summed E-state index contributed by atoms with van der Waals surface area (Å²) in [6.07, 6.45) is 2.40. The third-order valence-corrected chi connectivity index (χ3v) is 8.05. The fraction of sp³-hybridized carbons (Fsp3) is 0.417. The van der Waals surface area contributed by atoms with Gasteiger partial charge in [-0.05, 0) is 43.0 Å². The van der Waals surface area contributed by atoms with E-state index in [1.807, 2.05) is 64.0 Å². The van der Waals surface area contributed by atoms with Gasteiger partial charge in [0.2, 0.25) is 5.91 Å². The standard InChI is InChI=1S/C24H27ClN2O2S/c1-2-21(18-7-4-3-5-8-18)23(29)26-13-11-24(12-14-26)27(15-16-30-24)22(28)19-9-6-10-20(25)17-19/h3-10,17,21H,2,11-16H2,1H3. The van der Waals surface area contributed by atoms with Crippen LogP contribution in [0.5, 0.6) is 0 Å². The molecule has 6 heteroatoms. The number of hydrogen-bond acceptors (Lipinski definition) is 3. The highest BCUT2D eigenvalue weighted by atomic mass is 35.5. The highest BCUT2D eigenvalue weighted by Crippen LogP contribution is 2.45. The number of rotatable bonds is 4. The molecule has 158 valence electrons. The molecule has 4 rings (SSSR count). The molecule has 0 bridgehead atoms. The van der Waals surface area contributed by atoms with Gasteiger partial charge in [-0.25, -0.2) is 0 Å². The fourth-order valence-corrected chi connectivity index (χ4v) is 6.27. The zero-order chi connectivity index (χ0) is 21.1. The lowest BCUT2D eigenvalue weighted by atomic mass is 9.93. The van der Waals surface area contributed by atoms with E-state index >= 15 is 0 Å². The summed E-state index contributed by atoms with van der Waals surface area (Å²) in [7, 11) is 0. The normalized spacial score (nSPS) is 19.1. The fourth-order valence-electron chi connectivity index (χ4n) is 4.62. The second-order valence-electron chi connectivity index (χ2n) is 7.96.